The summed E-state index contributed by atoms with van der Waals surface area (Å²) in [5, 5.41) is 0.773. The summed E-state index contributed by atoms with van der Waals surface area (Å²) in [6.07, 6.45) is -4.35. The highest BCUT2D eigenvalue weighted by molar-refractivity contribution is 5.92. The first-order valence-electron chi connectivity index (χ1n) is 8.31. The zero-order chi connectivity index (χ0) is 18.1. The summed E-state index contributed by atoms with van der Waals surface area (Å²) in [5.74, 6) is 0.920. The Kier molecular flexibility index (Phi) is 5.41. The number of pyridine rings is 1. The monoisotopic (exact) mass is 338 g/mol. The molecule has 2 nitrogen and oxygen atoms in total. The zero-order valence-electron chi connectivity index (χ0n) is 14.9. The van der Waals surface area contributed by atoms with Crippen LogP contribution in [-0.2, 0) is 6.18 Å². The van der Waals surface area contributed by atoms with Crippen molar-refractivity contribution in [1.82, 2.24) is 4.98 Å². The van der Waals surface area contributed by atoms with Crippen molar-refractivity contribution in [3.05, 3.63) is 35.5 Å². The van der Waals surface area contributed by atoms with Gasteiger partial charge in [-0.1, -0.05) is 33.8 Å². The van der Waals surface area contributed by atoms with Gasteiger partial charge in [0.05, 0.1) is 11.1 Å². The second kappa shape index (κ2) is 6.99. The van der Waals surface area contributed by atoms with Crippen molar-refractivity contribution < 1.29 is 13.2 Å². The van der Waals surface area contributed by atoms with E-state index >= 15 is 0 Å². The summed E-state index contributed by atoms with van der Waals surface area (Å²) in [4.78, 5) is 6.59. The van der Waals surface area contributed by atoms with Crippen molar-refractivity contribution in [1.29, 1.82) is 0 Å². The normalized spacial score (nSPS) is 12.4. The molecule has 132 valence electrons. The van der Waals surface area contributed by atoms with Gasteiger partial charge in [-0.15, -0.1) is 0 Å². The van der Waals surface area contributed by atoms with Crippen LogP contribution < -0.4 is 4.90 Å². The van der Waals surface area contributed by atoms with E-state index in [1.54, 1.807) is 6.07 Å². The summed E-state index contributed by atoms with van der Waals surface area (Å²) in [7, 11) is 0. The molecule has 0 saturated carbocycles. The Balaban J connectivity index is 2.59. The van der Waals surface area contributed by atoms with Crippen molar-refractivity contribution in [2.24, 2.45) is 11.8 Å². The molecule has 0 fully saturated rings. The predicted molar refractivity (Wildman–Crippen MR) is 93.4 cm³/mol. The number of hydrogen-bond acceptors (Lipinski definition) is 2. The van der Waals surface area contributed by atoms with Crippen molar-refractivity contribution in [3.63, 3.8) is 0 Å². The van der Waals surface area contributed by atoms with Crippen LogP contribution in [0.2, 0.25) is 0 Å². The van der Waals surface area contributed by atoms with Gasteiger partial charge in [-0.3, -0.25) is 4.98 Å². The smallest absolute Gasteiger partial charge is 0.370 e. The quantitative estimate of drug-likeness (QED) is 0.697. The van der Waals surface area contributed by atoms with Gasteiger partial charge in [0.1, 0.15) is 0 Å². The van der Waals surface area contributed by atoms with Crippen molar-refractivity contribution in [3.8, 4) is 0 Å². The summed E-state index contributed by atoms with van der Waals surface area (Å²) >= 11 is 0. The predicted octanol–water partition coefficient (Wildman–Crippen LogP) is 5.68. The van der Waals surface area contributed by atoms with Gasteiger partial charge in [-0.2, -0.15) is 13.2 Å². The molecule has 0 spiro atoms. The molecule has 0 aliphatic heterocycles. The molecule has 0 aliphatic rings. The van der Waals surface area contributed by atoms with Gasteiger partial charge in [-0.25, -0.2) is 0 Å². The number of benzene rings is 1. The molecule has 1 heterocycles. The van der Waals surface area contributed by atoms with E-state index in [1.807, 2.05) is 13.0 Å². The molecule has 1 aromatic carbocycles. The lowest BCUT2D eigenvalue weighted by Gasteiger charge is -2.30. The summed E-state index contributed by atoms with van der Waals surface area (Å²) in [6.45, 7) is 12.1. The molecular formula is C19H25F3N2. The van der Waals surface area contributed by atoms with Crippen LogP contribution >= 0.6 is 0 Å². The number of alkyl halides is 3. The fourth-order valence-electron chi connectivity index (χ4n) is 2.93. The Morgan fingerprint density at radius 1 is 1.00 bits per heavy atom. The third kappa shape index (κ3) is 4.40. The summed E-state index contributed by atoms with van der Waals surface area (Å²) in [5.41, 5.74) is 1.44. The second-order valence-corrected chi connectivity index (χ2v) is 7.21. The molecule has 24 heavy (non-hydrogen) atoms. The van der Waals surface area contributed by atoms with Gasteiger partial charge in [-0.05, 0) is 37.0 Å². The molecule has 0 saturated heterocycles. The number of aromatic nitrogens is 1. The van der Waals surface area contributed by atoms with E-state index in [-0.39, 0.29) is 0 Å². The second-order valence-electron chi connectivity index (χ2n) is 7.21. The van der Waals surface area contributed by atoms with E-state index in [4.69, 9.17) is 0 Å². The molecule has 2 rings (SSSR count). The highest BCUT2D eigenvalue weighted by Gasteiger charge is 2.31. The van der Waals surface area contributed by atoms with Crippen LogP contribution in [0.4, 0.5) is 18.9 Å². The Morgan fingerprint density at radius 3 is 2.08 bits per heavy atom. The number of fused-ring (bicyclic) bond motifs is 1. The molecular weight excluding hydrogens is 313 g/mol. The van der Waals surface area contributed by atoms with E-state index in [0.717, 1.165) is 42.0 Å². The van der Waals surface area contributed by atoms with E-state index in [9.17, 15) is 13.2 Å². The molecule has 0 bridgehead atoms. The van der Waals surface area contributed by atoms with Crippen LogP contribution in [-0.4, -0.2) is 18.1 Å². The summed E-state index contributed by atoms with van der Waals surface area (Å²) in [6, 6.07) is 5.81. The first-order valence-corrected chi connectivity index (χ1v) is 8.31. The molecule has 1 aromatic heterocycles. The third-order valence-electron chi connectivity index (χ3n) is 3.76. The zero-order valence-corrected chi connectivity index (χ0v) is 14.9. The third-order valence-corrected chi connectivity index (χ3v) is 3.76. The average molecular weight is 338 g/mol. The molecule has 5 heteroatoms. The van der Waals surface area contributed by atoms with Gasteiger partial charge in [0.2, 0.25) is 0 Å². The molecule has 0 radical (unpaired) electrons. The van der Waals surface area contributed by atoms with Gasteiger partial charge < -0.3 is 4.90 Å². The number of aryl methyl sites for hydroxylation is 1. The average Bonchev–Trinajstić information content (AvgIpc) is 2.43. The fourth-order valence-corrected chi connectivity index (χ4v) is 2.93. The first kappa shape index (κ1) is 18.6. The largest absolute Gasteiger partial charge is 0.416 e. The summed E-state index contributed by atoms with van der Waals surface area (Å²) < 4.78 is 38.9. The first-order chi connectivity index (χ1) is 11.1. The topological polar surface area (TPSA) is 16.1 Å². The van der Waals surface area contributed by atoms with Crippen LogP contribution in [0.3, 0.4) is 0 Å². The molecule has 2 aromatic rings. The van der Waals surface area contributed by atoms with Crippen molar-refractivity contribution in [2.45, 2.75) is 40.8 Å². The highest BCUT2D eigenvalue weighted by atomic mass is 19.4. The lowest BCUT2D eigenvalue weighted by atomic mass is 10.1. The Bertz CT molecular complexity index is 696. The van der Waals surface area contributed by atoms with Gasteiger partial charge in [0.15, 0.2) is 0 Å². The lowest BCUT2D eigenvalue weighted by Crippen LogP contribution is -2.31. The van der Waals surface area contributed by atoms with E-state index in [1.165, 1.54) is 0 Å². The Hall–Kier alpha value is -1.78. The number of nitrogens with zero attached hydrogens (tertiary/aromatic N) is 2. The molecule has 0 N–H and O–H groups in total. The molecule has 0 amide bonds. The number of halogens is 3. The molecule has 0 unspecified atom stereocenters. The Labute approximate surface area is 141 Å². The van der Waals surface area contributed by atoms with Crippen LogP contribution in [0, 0.1) is 18.8 Å². The van der Waals surface area contributed by atoms with E-state index in [0.29, 0.717) is 17.4 Å². The van der Waals surface area contributed by atoms with Gasteiger partial charge >= 0.3 is 6.18 Å². The minimum absolute atomic E-state index is 0.400. The Morgan fingerprint density at radius 2 is 1.58 bits per heavy atom. The van der Waals surface area contributed by atoms with E-state index < -0.39 is 11.7 Å². The van der Waals surface area contributed by atoms with Gasteiger partial charge in [0, 0.05) is 29.9 Å². The lowest BCUT2D eigenvalue weighted by molar-refractivity contribution is -0.137. The molecule has 0 aliphatic carbocycles. The maximum absolute atomic E-state index is 13.0. The number of hydrogen-bond donors (Lipinski definition) is 0. The number of anilines is 1. The molecule has 0 atom stereocenters. The number of rotatable bonds is 5. The van der Waals surface area contributed by atoms with Crippen LogP contribution in [0.5, 0.6) is 0 Å². The van der Waals surface area contributed by atoms with Gasteiger partial charge in [0.25, 0.3) is 0 Å². The van der Waals surface area contributed by atoms with Crippen molar-refractivity contribution in [2.75, 3.05) is 18.0 Å². The van der Waals surface area contributed by atoms with Crippen molar-refractivity contribution >= 4 is 16.6 Å². The minimum atomic E-state index is -4.35. The van der Waals surface area contributed by atoms with Crippen LogP contribution in [0.15, 0.2) is 24.3 Å². The van der Waals surface area contributed by atoms with Crippen LogP contribution in [0.25, 0.3) is 10.9 Å². The maximum Gasteiger partial charge on any atom is 0.416 e. The minimum Gasteiger partial charge on any atom is -0.370 e. The standard InChI is InChI=1S/C19H25F3N2/c1-12(2)10-24(11-13(3)4)18-8-14(5)23-17-9-15(19(20,21)22)6-7-16(17)18/h6-9,12-13H,10-11H2,1-5H3. The highest BCUT2D eigenvalue weighted by Crippen LogP contribution is 2.34. The maximum atomic E-state index is 13.0. The fraction of sp³-hybridized carbons (Fsp3) is 0.526. The SMILES string of the molecule is Cc1cc(N(CC(C)C)CC(C)C)c2ccc(C(F)(F)F)cc2n1. The van der Waals surface area contributed by atoms with Crippen LogP contribution in [0.1, 0.15) is 39.0 Å². The van der Waals surface area contributed by atoms with E-state index in [2.05, 4.69) is 37.6 Å².